The van der Waals surface area contributed by atoms with Crippen LogP contribution in [0.3, 0.4) is 0 Å². The average molecular weight is 324 g/mol. The van der Waals surface area contributed by atoms with Crippen molar-refractivity contribution in [3.8, 4) is 0 Å². The first-order valence-electron chi connectivity index (χ1n) is 8.33. The third kappa shape index (κ3) is 4.69. The minimum atomic E-state index is -0.656. The van der Waals surface area contributed by atoms with Gasteiger partial charge in [-0.15, -0.1) is 0 Å². The summed E-state index contributed by atoms with van der Waals surface area (Å²) in [7, 11) is 0. The Balaban J connectivity index is 1.93. The van der Waals surface area contributed by atoms with Crippen molar-refractivity contribution in [1.29, 1.82) is 0 Å². The Labute approximate surface area is 143 Å². The highest BCUT2D eigenvalue weighted by Gasteiger charge is 2.17. The Morgan fingerprint density at radius 3 is 1.83 bits per heavy atom. The third-order valence-electron chi connectivity index (χ3n) is 4.06. The topological polar surface area (TPSA) is 58.2 Å². The molecule has 1 unspecified atom stereocenters. The predicted octanol–water partition coefficient (Wildman–Crippen LogP) is 3.63. The van der Waals surface area contributed by atoms with E-state index < -0.39 is 11.8 Å². The summed E-state index contributed by atoms with van der Waals surface area (Å²) in [5.41, 5.74) is 4.01. The van der Waals surface area contributed by atoms with Gasteiger partial charge in [-0.25, -0.2) is 0 Å². The van der Waals surface area contributed by atoms with E-state index in [1.165, 1.54) is 11.1 Å². The molecule has 126 valence electrons. The number of hydrogen-bond donors (Lipinski definition) is 2. The van der Waals surface area contributed by atoms with E-state index in [1.54, 1.807) is 12.1 Å². The van der Waals surface area contributed by atoms with Gasteiger partial charge in [0.2, 0.25) is 0 Å². The standard InChI is InChI=1S/C20H24N2O2/c1-4-15-6-10-17(11-7-15)14(3)21-19(23)20(24)22-18-12-8-16(5-2)9-13-18/h6-14H,4-5H2,1-3H3,(H,21,23)(H,22,24). The van der Waals surface area contributed by atoms with E-state index in [1.807, 2.05) is 43.3 Å². The SMILES string of the molecule is CCc1ccc(NC(=O)C(=O)NC(C)c2ccc(CC)cc2)cc1. The zero-order valence-electron chi connectivity index (χ0n) is 14.4. The fraction of sp³-hybridized carbons (Fsp3) is 0.300. The Hall–Kier alpha value is -2.62. The molecule has 2 amide bonds. The van der Waals surface area contributed by atoms with E-state index in [0.717, 1.165) is 18.4 Å². The van der Waals surface area contributed by atoms with Crippen LogP contribution in [0.4, 0.5) is 5.69 Å². The molecule has 0 spiro atoms. The summed E-state index contributed by atoms with van der Waals surface area (Å²) >= 11 is 0. The zero-order valence-corrected chi connectivity index (χ0v) is 14.4. The van der Waals surface area contributed by atoms with Gasteiger partial charge in [-0.3, -0.25) is 9.59 Å². The van der Waals surface area contributed by atoms with Crippen molar-refractivity contribution in [2.45, 2.75) is 39.7 Å². The molecule has 0 saturated heterocycles. The normalized spacial score (nSPS) is 11.6. The van der Waals surface area contributed by atoms with Crippen molar-refractivity contribution in [3.63, 3.8) is 0 Å². The molecule has 0 bridgehead atoms. The second kappa shape index (κ2) is 8.29. The number of carbonyl (C=O) groups is 2. The number of carbonyl (C=O) groups excluding carboxylic acids is 2. The van der Waals surface area contributed by atoms with Crippen LogP contribution in [0, 0.1) is 0 Å². The number of aryl methyl sites for hydroxylation is 2. The lowest BCUT2D eigenvalue weighted by Crippen LogP contribution is -2.36. The van der Waals surface area contributed by atoms with Gasteiger partial charge in [0.05, 0.1) is 6.04 Å². The second-order valence-electron chi connectivity index (χ2n) is 5.79. The summed E-state index contributed by atoms with van der Waals surface area (Å²) in [4.78, 5) is 24.1. The minimum Gasteiger partial charge on any atom is -0.341 e. The summed E-state index contributed by atoms with van der Waals surface area (Å²) in [5.74, 6) is -1.29. The fourth-order valence-corrected chi connectivity index (χ4v) is 2.40. The summed E-state index contributed by atoms with van der Waals surface area (Å²) in [5, 5.41) is 5.34. The second-order valence-corrected chi connectivity index (χ2v) is 5.79. The Bertz CT molecular complexity index is 691. The van der Waals surface area contributed by atoms with Crippen LogP contribution in [-0.4, -0.2) is 11.8 Å². The molecule has 4 heteroatoms. The van der Waals surface area contributed by atoms with Crippen molar-refractivity contribution in [2.24, 2.45) is 0 Å². The molecule has 0 aliphatic carbocycles. The van der Waals surface area contributed by atoms with Crippen molar-refractivity contribution in [1.82, 2.24) is 5.32 Å². The smallest absolute Gasteiger partial charge is 0.313 e. The Kier molecular flexibility index (Phi) is 6.13. The molecule has 2 N–H and O–H groups in total. The number of amides is 2. The van der Waals surface area contributed by atoms with Crippen molar-refractivity contribution >= 4 is 17.5 Å². The lowest BCUT2D eigenvalue weighted by atomic mass is 10.1. The number of nitrogens with one attached hydrogen (secondary N) is 2. The molecular weight excluding hydrogens is 300 g/mol. The quantitative estimate of drug-likeness (QED) is 0.825. The van der Waals surface area contributed by atoms with Crippen LogP contribution < -0.4 is 10.6 Å². The molecule has 2 rings (SSSR count). The van der Waals surface area contributed by atoms with E-state index in [2.05, 4.69) is 24.5 Å². The highest BCUT2D eigenvalue weighted by molar-refractivity contribution is 6.39. The lowest BCUT2D eigenvalue weighted by Gasteiger charge is -2.14. The minimum absolute atomic E-state index is 0.225. The lowest BCUT2D eigenvalue weighted by molar-refractivity contribution is -0.136. The first kappa shape index (κ1) is 17.7. The summed E-state index contributed by atoms with van der Waals surface area (Å²) in [6.45, 7) is 6.02. The van der Waals surface area contributed by atoms with Gasteiger partial charge in [0.1, 0.15) is 0 Å². The number of rotatable bonds is 5. The van der Waals surface area contributed by atoms with Gasteiger partial charge in [0.25, 0.3) is 0 Å². The molecule has 0 aliphatic rings. The molecule has 0 saturated carbocycles. The Morgan fingerprint density at radius 2 is 1.33 bits per heavy atom. The third-order valence-corrected chi connectivity index (χ3v) is 4.06. The highest BCUT2D eigenvalue weighted by Crippen LogP contribution is 2.14. The maximum atomic E-state index is 12.1. The van der Waals surface area contributed by atoms with Crippen LogP contribution in [0.15, 0.2) is 48.5 Å². The molecule has 0 fully saturated rings. The zero-order chi connectivity index (χ0) is 17.5. The van der Waals surface area contributed by atoms with Crippen LogP contribution in [0.25, 0.3) is 0 Å². The van der Waals surface area contributed by atoms with E-state index in [4.69, 9.17) is 0 Å². The van der Waals surface area contributed by atoms with E-state index in [-0.39, 0.29) is 6.04 Å². The van der Waals surface area contributed by atoms with Gasteiger partial charge in [0, 0.05) is 5.69 Å². The van der Waals surface area contributed by atoms with Crippen LogP contribution in [0.2, 0.25) is 0 Å². The number of benzene rings is 2. The first-order chi connectivity index (χ1) is 11.5. The maximum absolute atomic E-state index is 12.1. The van der Waals surface area contributed by atoms with E-state index in [9.17, 15) is 9.59 Å². The van der Waals surface area contributed by atoms with Crippen LogP contribution in [0.1, 0.15) is 43.5 Å². The van der Waals surface area contributed by atoms with E-state index in [0.29, 0.717) is 5.69 Å². The monoisotopic (exact) mass is 324 g/mol. The van der Waals surface area contributed by atoms with Gasteiger partial charge in [-0.05, 0) is 48.6 Å². The molecule has 1 atom stereocenters. The van der Waals surface area contributed by atoms with Gasteiger partial charge in [-0.1, -0.05) is 50.2 Å². The summed E-state index contributed by atoms with van der Waals surface area (Å²) in [6.07, 6.45) is 1.91. The van der Waals surface area contributed by atoms with Crippen LogP contribution >= 0.6 is 0 Å². The van der Waals surface area contributed by atoms with Gasteiger partial charge in [0.15, 0.2) is 0 Å². The molecule has 0 radical (unpaired) electrons. The fourth-order valence-electron chi connectivity index (χ4n) is 2.40. The molecule has 0 heterocycles. The van der Waals surface area contributed by atoms with Crippen molar-refractivity contribution in [3.05, 3.63) is 65.2 Å². The molecule has 2 aromatic carbocycles. The number of anilines is 1. The Morgan fingerprint density at radius 1 is 0.833 bits per heavy atom. The van der Waals surface area contributed by atoms with Crippen LogP contribution in [-0.2, 0) is 22.4 Å². The summed E-state index contributed by atoms with van der Waals surface area (Å²) in [6, 6.07) is 15.3. The summed E-state index contributed by atoms with van der Waals surface area (Å²) < 4.78 is 0. The van der Waals surface area contributed by atoms with E-state index >= 15 is 0 Å². The maximum Gasteiger partial charge on any atom is 0.313 e. The molecule has 2 aromatic rings. The van der Waals surface area contributed by atoms with Crippen LogP contribution in [0.5, 0.6) is 0 Å². The van der Waals surface area contributed by atoms with Gasteiger partial charge >= 0.3 is 11.8 Å². The predicted molar refractivity (Wildman–Crippen MR) is 96.8 cm³/mol. The molecule has 0 aliphatic heterocycles. The van der Waals surface area contributed by atoms with Gasteiger partial charge < -0.3 is 10.6 Å². The number of hydrogen-bond acceptors (Lipinski definition) is 2. The van der Waals surface area contributed by atoms with Crippen molar-refractivity contribution in [2.75, 3.05) is 5.32 Å². The molecule has 0 aromatic heterocycles. The molecular formula is C20H24N2O2. The highest BCUT2D eigenvalue weighted by atomic mass is 16.2. The largest absolute Gasteiger partial charge is 0.341 e. The first-order valence-corrected chi connectivity index (χ1v) is 8.33. The van der Waals surface area contributed by atoms with Crippen molar-refractivity contribution < 1.29 is 9.59 Å². The average Bonchev–Trinajstić information content (AvgIpc) is 2.62. The molecule has 4 nitrogen and oxygen atoms in total. The van der Waals surface area contributed by atoms with Gasteiger partial charge in [-0.2, -0.15) is 0 Å². The molecule has 24 heavy (non-hydrogen) atoms.